The second kappa shape index (κ2) is 9.17. The highest BCUT2D eigenvalue weighted by molar-refractivity contribution is 6.77. The molecule has 114 valence electrons. The van der Waals surface area contributed by atoms with E-state index in [-0.39, 0.29) is 12.7 Å². The summed E-state index contributed by atoms with van der Waals surface area (Å²) >= 11 is 6.05. The van der Waals surface area contributed by atoms with Gasteiger partial charge in [-0.3, -0.25) is 0 Å². The van der Waals surface area contributed by atoms with Crippen molar-refractivity contribution in [3.8, 4) is 0 Å². The zero-order valence-electron chi connectivity index (χ0n) is 13.3. The first-order chi connectivity index (χ1) is 8.82. The van der Waals surface area contributed by atoms with Gasteiger partial charge in [0.2, 0.25) is 8.32 Å². The van der Waals surface area contributed by atoms with Crippen LogP contribution in [0.4, 0.5) is 0 Å². The van der Waals surface area contributed by atoms with Crippen LogP contribution in [0.3, 0.4) is 0 Å². The van der Waals surface area contributed by atoms with Gasteiger partial charge in [0.1, 0.15) is 0 Å². The minimum Gasteiger partial charge on any atom is -0.409 e. The predicted octanol–water partition coefficient (Wildman–Crippen LogP) is 4.72. The molecule has 0 bridgehead atoms. The molecule has 1 N–H and O–H groups in total. The molecular weight excluding hydrogens is 276 g/mol. The Hall–Kier alpha value is 0.167. The zero-order chi connectivity index (χ0) is 15.1. The maximum absolute atomic E-state index is 8.83. The maximum atomic E-state index is 8.83. The first-order valence-electron chi connectivity index (χ1n) is 7.34. The van der Waals surface area contributed by atoms with Gasteiger partial charge in [0, 0.05) is 6.61 Å². The molecule has 4 heteroatoms. The molecule has 0 heterocycles. The van der Waals surface area contributed by atoms with Crippen molar-refractivity contribution in [1.29, 1.82) is 0 Å². The highest BCUT2D eigenvalue weighted by Gasteiger charge is 2.46. The standard InChI is InChI=1S/C15H31ClO2Si/c1-12(2)19(13(3)4,14(5)6)18-15(11-16)9-7-8-10-17/h7,9,12-15,17H,8,10-11H2,1-6H3. The van der Waals surface area contributed by atoms with Gasteiger partial charge in [-0.15, -0.1) is 11.6 Å². The van der Waals surface area contributed by atoms with Crippen LogP contribution in [0.5, 0.6) is 0 Å². The summed E-state index contributed by atoms with van der Waals surface area (Å²) in [5.74, 6) is 0.475. The Morgan fingerprint density at radius 1 is 1.05 bits per heavy atom. The molecule has 0 aliphatic carbocycles. The molecule has 0 saturated heterocycles. The molecule has 0 aliphatic rings. The monoisotopic (exact) mass is 306 g/mol. The Bertz CT molecular complexity index is 243. The average molecular weight is 307 g/mol. The molecule has 0 aromatic heterocycles. The number of hydrogen-bond acceptors (Lipinski definition) is 2. The van der Waals surface area contributed by atoms with Crippen LogP contribution in [0.25, 0.3) is 0 Å². The van der Waals surface area contributed by atoms with Crippen LogP contribution in [0.1, 0.15) is 48.0 Å². The summed E-state index contributed by atoms with van der Waals surface area (Å²) < 4.78 is 6.56. The van der Waals surface area contributed by atoms with E-state index in [1.54, 1.807) is 0 Å². The summed E-state index contributed by atoms with van der Waals surface area (Å²) in [5.41, 5.74) is 1.68. The number of aliphatic hydroxyl groups is 1. The van der Waals surface area contributed by atoms with Gasteiger partial charge in [-0.1, -0.05) is 53.7 Å². The van der Waals surface area contributed by atoms with Crippen molar-refractivity contribution in [2.24, 2.45) is 0 Å². The molecule has 0 aromatic carbocycles. The van der Waals surface area contributed by atoms with E-state index in [9.17, 15) is 0 Å². The van der Waals surface area contributed by atoms with Gasteiger partial charge in [0.15, 0.2) is 0 Å². The third-order valence-corrected chi connectivity index (χ3v) is 10.3. The molecule has 2 nitrogen and oxygen atoms in total. The number of aliphatic hydroxyl groups excluding tert-OH is 1. The van der Waals surface area contributed by atoms with Crippen LogP contribution >= 0.6 is 11.6 Å². The molecule has 0 amide bonds. The lowest BCUT2D eigenvalue weighted by molar-refractivity contribution is 0.236. The molecule has 1 unspecified atom stereocenters. The van der Waals surface area contributed by atoms with E-state index in [1.807, 2.05) is 12.2 Å². The van der Waals surface area contributed by atoms with Crippen LogP contribution in [-0.2, 0) is 4.43 Å². The van der Waals surface area contributed by atoms with Crippen LogP contribution in [0.15, 0.2) is 12.2 Å². The lowest BCUT2D eigenvalue weighted by Crippen LogP contribution is -2.50. The Labute approximate surface area is 125 Å². The van der Waals surface area contributed by atoms with E-state index < -0.39 is 8.32 Å². The Morgan fingerprint density at radius 2 is 1.53 bits per heavy atom. The van der Waals surface area contributed by atoms with Gasteiger partial charge in [-0.05, 0) is 23.0 Å². The SMILES string of the molecule is CC(C)[Si](OC(C=CCCO)CCl)(C(C)C)C(C)C. The molecule has 0 spiro atoms. The van der Waals surface area contributed by atoms with E-state index in [4.69, 9.17) is 21.1 Å². The van der Waals surface area contributed by atoms with Crippen LogP contribution in [-0.4, -0.2) is 32.0 Å². The van der Waals surface area contributed by atoms with Crippen molar-refractivity contribution in [2.75, 3.05) is 12.5 Å². The van der Waals surface area contributed by atoms with Crippen molar-refractivity contribution in [2.45, 2.75) is 70.7 Å². The second-order valence-corrected chi connectivity index (χ2v) is 11.8. The highest BCUT2D eigenvalue weighted by atomic mass is 35.5. The van der Waals surface area contributed by atoms with Crippen molar-refractivity contribution in [3.05, 3.63) is 12.2 Å². The minimum atomic E-state index is -1.87. The Kier molecular flexibility index (Phi) is 9.25. The summed E-state index contributed by atoms with van der Waals surface area (Å²) in [7, 11) is -1.87. The smallest absolute Gasteiger partial charge is 0.201 e. The maximum Gasteiger partial charge on any atom is 0.201 e. The van der Waals surface area contributed by atoms with E-state index in [2.05, 4.69) is 41.5 Å². The molecular formula is C15H31ClO2Si. The molecule has 0 aliphatic heterocycles. The molecule has 0 aromatic rings. The fraction of sp³-hybridized carbons (Fsp3) is 0.867. The summed E-state index contributed by atoms with van der Waals surface area (Å²) in [5, 5.41) is 8.83. The van der Waals surface area contributed by atoms with Crippen LogP contribution < -0.4 is 0 Å². The average Bonchev–Trinajstić information content (AvgIpc) is 2.32. The van der Waals surface area contributed by atoms with Gasteiger partial charge in [0.05, 0.1) is 12.0 Å². The fourth-order valence-electron chi connectivity index (χ4n) is 3.12. The Morgan fingerprint density at radius 3 is 1.84 bits per heavy atom. The number of alkyl halides is 1. The minimum absolute atomic E-state index is 0.0351. The van der Waals surface area contributed by atoms with Crippen molar-refractivity contribution >= 4 is 19.9 Å². The number of rotatable bonds is 9. The molecule has 19 heavy (non-hydrogen) atoms. The van der Waals surface area contributed by atoms with Gasteiger partial charge in [-0.2, -0.15) is 0 Å². The van der Waals surface area contributed by atoms with Gasteiger partial charge in [0.25, 0.3) is 0 Å². The van der Waals surface area contributed by atoms with Gasteiger partial charge >= 0.3 is 0 Å². The predicted molar refractivity (Wildman–Crippen MR) is 87.5 cm³/mol. The van der Waals surface area contributed by atoms with Crippen LogP contribution in [0, 0.1) is 0 Å². The summed E-state index contributed by atoms with van der Waals surface area (Å²) in [6.45, 7) is 13.8. The van der Waals surface area contributed by atoms with Crippen molar-refractivity contribution in [3.63, 3.8) is 0 Å². The van der Waals surface area contributed by atoms with E-state index in [1.165, 1.54) is 0 Å². The first kappa shape index (κ1) is 19.2. The molecule has 0 rings (SSSR count). The van der Waals surface area contributed by atoms with Crippen molar-refractivity contribution in [1.82, 2.24) is 0 Å². The molecule has 0 fully saturated rings. The van der Waals surface area contributed by atoms with Gasteiger partial charge in [-0.25, -0.2) is 0 Å². The van der Waals surface area contributed by atoms with E-state index >= 15 is 0 Å². The quantitative estimate of drug-likeness (QED) is 0.379. The van der Waals surface area contributed by atoms with Crippen LogP contribution in [0.2, 0.25) is 16.6 Å². The topological polar surface area (TPSA) is 29.5 Å². The largest absolute Gasteiger partial charge is 0.409 e. The first-order valence-corrected chi connectivity index (χ1v) is 10.0. The summed E-state index contributed by atoms with van der Waals surface area (Å²) in [4.78, 5) is 0. The summed E-state index contributed by atoms with van der Waals surface area (Å²) in [6.07, 6.45) is 4.61. The normalized spacial score (nSPS) is 15.1. The molecule has 0 radical (unpaired) electrons. The number of halogens is 1. The second-order valence-electron chi connectivity index (χ2n) is 6.07. The lowest BCUT2D eigenvalue weighted by Gasteiger charge is -2.44. The zero-order valence-corrected chi connectivity index (χ0v) is 15.1. The van der Waals surface area contributed by atoms with Crippen molar-refractivity contribution < 1.29 is 9.53 Å². The third kappa shape index (κ3) is 5.22. The van der Waals surface area contributed by atoms with E-state index in [0.717, 1.165) is 0 Å². The Balaban J connectivity index is 5.07. The van der Waals surface area contributed by atoms with Gasteiger partial charge < -0.3 is 9.53 Å². The number of hydrogen-bond donors (Lipinski definition) is 1. The molecule has 0 saturated carbocycles. The summed E-state index contributed by atoms with van der Waals surface area (Å²) in [6, 6.07) is 0. The van der Waals surface area contributed by atoms with E-state index in [0.29, 0.717) is 28.9 Å². The fourth-order valence-corrected chi connectivity index (χ4v) is 8.89. The lowest BCUT2D eigenvalue weighted by atomic mass is 10.3. The highest BCUT2D eigenvalue weighted by Crippen LogP contribution is 2.43. The molecule has 1 atom stereocenters. The third-order valence-electron chi connectivity index (χ3n) is 3.86.